The second-order valence-corrected chi connectivity index (χ2v) is 1.65. The average Bonchev–Trinajstić information content (AvgIpc) is 1.90. The summed E-state index contributed by atoms with van der Waals surface area (Å²) in [6.45, 7) is 3.52. The molecule has 0 spiro atoms. The van der Waals surface area contributed by atoms with Gasteiger partial charge in [-0.2, -0.15) is 0 Å². The summed E-state index contributed by atoms with van der Waals surface area (Å²) in [5.41, 5.74) is 0.771. The Morgan fingerprint density at radius 1 is 1.56 bits per heavy atom. The van der Waals surface area contributed by atoms with Gasteiger partial charge in [-0.15, -0.1) is 0 Å². The number of pyridine rings is 1. The zero-order valence-corrected chi connectivity index (χ0v) is 4.91. The van der Waals surface area contributed by atoms with Crippen LogP contribution in [0.4, 0.5) is 0 Å². The third-order valence-corrected chi connectivity index (χ3v) is 0.980. The van der Waals surface area contributed by atoms with Crippen LogP contribution in [0.15, 0.2) is 24.9 Å². The fourth-order valence-electron chi connectivity index (χ4n) is 0.518. The molecule has 0 aliphatic carbocycles. The van der Waals surface area contributed by atoms with Crippen LogP contribution in [-0.2, 0) is 0 Å². The van der Waals surface area contributed by atoms with Crippen molar-refractivity contribution in [3.63, 3.8) is 0 Å². The van der Waals surface area contributed by atoms with E-state index in [0.29, 0.717) is 0 Å². The fraction of sp³-hybridized carbons (Fsp3) is 0. The molecule has 9 heavy (non-hydrogen) atoms. The highest BCUT2D eigenvalue weighted by Gasteiger charge is 1.85. The lowest BCUT2D eigenvalue weighted by Gasteiger charge is -1.89. The molecule has 0 radical (unpaired) electrons. The van der Waals surface area contributed by atoms with Crippen LogP contribution in [0.1, 0.15) is 5.69 Å². The second kappa shape index (κ2) is 2.31. The summed E-state index contributed by atoms with van der Waals surface area (Å²) >= 11 is 0. The molecular formula is C7H7NO. The standard InChI is InChI=1S/C7H7NO/c1-2-6-3-4-7(9)5-8-6/h2-5,9H,1H2. The topological polar surface area (TPSA) is 33.1 Å². The van der Waals surface area contributed by atoms with E-state index in [-0.39, 0.29) is 5.75 Å². The van der Waals surface area contributed by atoms with Gasteiger partial charge in [-0.1, -0.05) is 6.58 Å². The van der Waals surface area contributed by atoms with Gasteiger partial charge < -0.3 is 5.11 Å². The first-order chi connectivity index (χ1) is 4.33. The zero-order chi connectivity index (χ0) is 6.69. The molecule has 2 heteroatoms. The highest BCUT2D eigenvalue weighted by Crippen LogP contribution is 2.05. The van der Waals surface area contributed by atoms with E-state index in [1.807, 2.05) is 0 Å². The first-order valence-electron chi connectivity index (χ1n) is 2.60. The summed E-state index contributed by atoms with van der Waals surface area (Å²) in [7, 11) is 0. The average molecular weight is 121 g/mol. The minimum absolute atomic E-state index is 0.181. The summed E-state index contributed by atoms with van der Waals surface area (Å²) in [4.78, 5) is 3.83. The highest BCUT2D eigenvalue weighted by atomic mass is 16.3. The van der Waals surface area contributed by atoms with Gasteiger partial charge in [0.25, 0.3) is 0 Å². The Kier molecular flexibility index (Phi) is 1.49. The predicted octanol–water partition coefficient (Wildman–Crippen LogP) is 1.43. The molecule has 0 saturated heterocycles. The number of hydrogen-bond donors (Lipinski definition) is 1. The third kappa shape index (κ3) is 1.29. The van der Waals surface area contributed by atoms with Gasteiger partial charge in [0.1, 0.15) is 5.75 Å². The Morgan fingerprint density at radius 2 is 2.33 bits per heavy atom. The summed E-state index contributed by atoms with van der Waals surface area (Å²) in [6.07, 6.45) is 3.01. The largest absolute Gasteiger partial charge is 0.506 e. The van der Waals surface area contributed by atoms with Crippen molar-refractivity contribution in [2.75, 3.05) is 0 Å². The summed E-state index contributed by atoms with van der Waals surface area (Å²) in [5, 5.41) is 8.76. The van der Waals surface area contributed by atoms with Crippen LogP contribution >= 0.6 is 0 Å². The van der Waals surface area contributed by atoms with Crippen LogP contribution in [0.25, 0.3) is 6.08 Å². The molecule has 0 bridgehead atoms. The van der Waals surface area contributed by atoms with E-state index in [4.69, 9.17) is 5.11 Å². The molecule has 0 saturated carbocycles. The molecule has 1 aromatic heterocycles. The van der Waals surface area contributed by atoms with Crippen molar-refractivity contribution in [3.8, 4) is 5.75 Å². The quantitative estimate of drug-likeness (QED) is 0.609. The molecule has 1 N–H and O–H groups in total. The number of aromatic hydroxyl groups is 1. The lowest BCUT2D eigenvalue weighted by molar-refractivity contribution is 0.472. The maximum absolute atomic E-state index is 8.76. The summed E-state index contributed by atoms with van der Waals surface area (Å²) < 4.78 is 0. The maximum Gasteiger partial charge on any atom is 0.133 e. The minimum Gasteiger partial charge on any atom is -0.506 e. The first kappa shape index (κ1) is 5.82. The van der Waals surface area contributed by atoms with E-state index >= 15 is 0 Å². The smallest absolute Gasteiger partial charge is 0.133 e. The van der Waals surface area contributed by atoms with Gasteiger partial charge in [-0.3, -0.25) is 4.98 Å². The molecule has 0 fully saturated rings. The SMILES string of the molecule is C=Cc1ccc(O)cn1. The molecule has 0 unspecified atom stereocenters. The van der Waals surface area contributed by atoms with Gasteiger partial charge >= 0.3 is 0 Å². The van der Waals surface area contributed by atoms with Crippen molar-refractivity contribution >= 4 is 6.08 Å². The van der Waals surface area contributed by atoms with Gasteiger partial charge in [0.15, 0.2) is 0 Å². The van der Waals surface area contributed by atoms with E-state index in [9.17, 15) is 0 Å². The van der Waals surface area contributed by atoms with E-state index in [2.05, 4.69) is 11.6 Å². The molecule has 1 rings (SSSR count). The van der Waals surface area contributed by atoms with Crippen LogP contribution in [0, 0.1) is 0 Å². The van der Waals surface area contributed by atoms with Crippen molar-refractivity contribution in [1.29, 1.82) is 0 Å². The fourth-order valence-corrected chi connectivity index (χ4v) is 0.518. The molecule has 1 aromatic rings. The molecule has 0 aliphatic rings. The van der Waals surface area contributed by atoms with Crippen LogP contribution in [0.3, 0.4) is 0 Å². The Labute approximate surface area is 53.5 Å². The maximum atomic E-state index is 8.76. The lowest BCUT2D eigenvalue weighted by Crippen LogP contribution is -1.75. The van der Waals surface area contributed by atoms with Crippen LogP contribution in [0.2, 0.25) is 0 Å². The van der Waals surface area contributed by atoms with Crippen molar-refractivity contribution in [1.82, 2.24) is 4.98 Å². The monoisotopic (exact) mass is 121 g/mol. The first-order valence-corrected chi connectivity index (χ1v) is 2.60. The number of nitrogens with zero attached hydrogens (tertiary/aromatic N) is 1. The molecule has 0 aliphatic heterocycles. The molecule has 0 atom stereocenters. The van der Waals surface area contributed by atoms with Crippen LogP contribution < -0.4 is 0 Å². The van der Waals surface area contributed by atoms with Crippen LogP contribution in [0.5, 0.6) is 5.75 Å². The Bertz CT molecular complexity index is 203. The van der Waals surface area contributed by atoms with Crippen molar-refractivity contribution in [2.24, 2.45) is 0 Å². The highest BCUT2D eigenvalue weighted by molar-refractivity contribution is 5.41. The number of aromatic nitrogens is 1. The zero-order valence-electron chi connectivity index (χ0n) is 4.91. The summed E-state index contributed by atoms with van der Waals surface area (Å²) in [5.74, 6) is 0.181. The van der Waals surface area contributed by atoms with Gasteiger partial charge in [0, 0.05) is 0 Å². The van der Waals surface area contributed by atoms with Gasteiger partial charge in [0.05, 0.1) is 11.9 Å². The minimum atomic E-state index is 0.181. The Balaban J connectivity index is 3.01. The predicted molar refractivity (Wildman–Crippen MR) is 36.0 cm³/mol. The van der Waals surface area contributed by atoms with Crippen LogP contribution in [-0.4, -0.2) is 10.1 Å². The van der Waals surface area contributed by atoms with E-state index < -0.39 is 0 Å². The lowest BCUT2D eigenvalue weighted by atomic mass is 10.3. The Morgan fingerprint density at radius 3 is 2.78 bits per heavy atom. The number of rotatable bonds is 1. The van der Waals surface area contributed by atoms with E-state index in [0.717, 1.165) is 5.69 Å². The number of hydrogen-bond acceptors (Lipinski definition) is 2. The van der Waals surface area contributed by atoms with Gasteiger partial charge in [0.2, 0.25) is 0 Å². The second-order valence-electron chi connectivity index (χ2n) is 1.65. The summed E-state index contributed by atoms with van der Waals surface area (Å²) in [6, 6.07) is 3.27. The van der Waals surface area contributed by atoms with Gasteiger partial charge in [-0.25, -0.2) is 0 Å². The van der Waals surface area contributed by atoms with Crippen molar-refractivity contribution in [3.05, 3.63) is 30.6 Å². The molecule has 0 aromatic carbocycles. The molecule has 46 valence electrons. The molecule has 2 nitrogen and oxygen atoms in total. The van der Waals surface area contributed by atoms with Gasteiger partial charge in [-0.05, 0) is 18.2 Å². The molecular weight excluding hydrogens is 114 g/mol. The molecule has 1 heterocycles. The van der Waals surface area contributed by atoms with Crippen molar-refractivity contribution < 1.29 is 5.11 Å². The van der Waals surface area contributed by atoms with E-state index in [1.54, 1.807) is 18.2 Å². The van der Waals surface area contributed by atoms with Crippen molar-refractivity contribution in [2.45, 2.75) is 0 Å². The normalized spacial score (nSPS) is 8.89. The van der Waals surface area contributed by atoms with E-state index in [1.165, 1.54) is 6.20 Å². The Hall–Kier alpha value is -1.31. The molecule has 0 amide bonds. The third-order valence-electron chi connectivity index (χ3n) is 0.980.